The maximum atomic E-state index is 11.5. The van der Waals surface area contributed by atoms with Crippen LogP contribution in [0.15, 0.2) is 34.5 Å². The fourth-order valence-corrected chi connectivity index (χ4v) is 2.14. The normalized spacial score (nSPS) is 31.6. The first-order valence-electron chi connectivity index (χ1n) is 6.62. The molecule has 5 atom stereocenters. The highest BCUT2D eigenvalue weighted by Gasteiger charge is 2.48. The van der Waals surface area contributed by atoms with Crippen molar-refractivity contribution in [2.45, 2.75) is 37.5 Å². The third-order valence-electron chi connectivity index (χ3n) is 3.27. The molecule has 4 unspecified atom stereocenters. The van der Waals surface area contributed by atoms with Gasteiger partial charge in [-0.15, -0.1) is 0 Å². The molecule has 10 heteroatoms. The highest BCUT2D eigenvalue weighted by Crippen LogP contribution is 2.28. The fourth-order valence-electron chi connectivity index (χ4n) is 2.14. The number of hydrogen-bond donors (Lipinski definition) is 2. The van der Waals surface area contributed by atoms with Crippen molar-refractivity contribution >= 4 is 5.78 Å². The van der Waals surface area contributed by atoms with Gasteiger partial charge in [-0.1, -0.05) is 16.9 Å². The molecule has 1 heterocycles. The van der Waals surface area contributed by atoms with Crippen LogP contribution in [0, 0.1) is 9.81 Å². The Kier molecular flexibility index (Phi) is 6.94. The molecule has 1 fully saturated rings. The SMILES string of the molecule is C=C/C(O[C@H]1OC(CO)C(N=O)C(O)C1N=O)=C(\OC)C(C)=O. The standard InChI is InChI=1S/C13H18N2O8/c1-4-7(12(21-3)6(2)17)22-13-10(15-20)11(18)9(14-19)8(5-16)23-13/h4,8-11,13,16,18H,1,5H2,2-3H3/b12-7+/t8?,9?,10?,11?,13-/m0/s1. The van der Waals surface area contributed by atoms with E-state index in [2.05, 4.69) is 16.9 Å². The Morgan fingerprint density at radius 2 is 1.96 bits per heavy atom. The molecule has 10 nitrogen and oxygen atoms in total. The van der Waals surface area contributed by atoms with E-state index < -0.39 is 43.0 Å². The number of aliphatic hydroxyl groups is 2. The van der Waals surface area contributed by atoms with Gasteiger partial charge in [0.05, 0.1) is 13.7 Å². The Morgan fingerprint density at radius 1 is 1.35 bits per heavy atom. The molecule has 23 heavy (non-hydrogen) atoms. The zero-order valence-electron chi connectivity index (χ0n) is 12.6. The van der Waals surface area contributed by atoms with Crippen molar-refractivity contribution in [2.24, 2.45) is 10.4 Å². The van der Waals surface area contributed by atoms with E-state index in [4.69, 9.17) is 14.2 Å². The molecule has 0 spiro atoms. The highest BCUT2D eigenvalue weighted by atomic mass is 16.7. The number of allylic oxidation sites excluding steroid dienone is 2. The number of Topliss-reactive ketones (excluding diaryl/α,β-unsaturated/α-hetero) is 1. The summed E-state index contributed by atoms with van der Waals surface area (Å²) < 4.78 is 15.5. The summed E-state index contributed by atoms with van der Waals surface area (Å²) in [6.45, 7) is 4.04. The van der Waals surface area contributed by atoms with Crippen molar-refractivity contribution in [1.82, 2.24) is 0 Å². The van der Waals surface area contributed by atoms with Crippen LogP contribution in [0.4, 0.5) is 0 Å². The van der Waals surface area contributed by atoms with Crippen LogP contribution in [-0.2, 0) is 19.0 Å². The number of aliphatic hydroxyl groups excluding tert-OH is 2. The molecule has 1 aliphatic heterocycles. The van der Waals surface area contributed by atoms with E-state index in [-0.39, 0.29) is 11.5 Å². The van der Waals surface area contributed by atoms with Crippen LogP contribution in [0.25, 0.3) is 0 Å². The van der Waals surface area contributed by atoms with Gasteiger partial charge in [0.2, 0.25) is 12.0 Å². The monoisotopic (exact) mass is 330 g/mol. The molecule has 0 aliphatic carbocycles. The smallest absolute Gasteiger partial charge is 0.229 e. The van der Waals surface area contributed by atoms with Crippen LogP contribution in [0.5, 0.6) is 0 Å². The molecular weight excluding hydrogens is 312 g/mol. The van der Waals surface area contributed by atoms with Gasteiger partial charge >= 0.3 is 0 Å². The molecule has 0 radical (unpaired) electrons. The number of carbonyl (C=O) groups excluding carboxylic acids is 1. The number of carbonyl (C=O) groups is 1. The van der Waals surface area contributed by atoms with Crippen molar-refractivity contribution in [3.05, 3.63) is 34.0 Å². The zero-order chi connectivity index (χ0) is 17.6. The second kappa shape index (κ2) is 8.46. The predicted octanol–water partition coefficient (Wildman–Crippen LogP) is -0.0159. The molecular formula is C13H18N2O8. The topological polar surface area (TPSA) is 144 Å². The van der Waals surface area contributed by atoms with Crippen LogP contribution in [-0.4, -0.2) is 60.3 Å². The summed E-state index contributed by atoms with van der Waals surface area (Å²) in [7, 11) is 1.23. The van der Waals surface area contributed by atoms with Crippen LogP contribution in [0.2, 0.25) is 0 Å². The first kappa shape index (κ1) is 18.9. The Hall–Kier alpha value is -2.17. The van der Waals surface area contributed by atoms with Crippen molar-refractivity contribution < 1.29 is 29.2 Å². The number of ether oxygens (including phenoxy) is 3. The van der Waals surface area contributed by atoms with Gasteiger partial charge in [-0.25, -0.2) is 0 Å². The molecule has 1 aliphatic rings. The summed E-state index contributed by atoms with van der Waals surface area (Å²) in [6.07, 6.45) is -3.12. The fraction of sp³-hybridized carbons (Fsp3) is 0.615. The van der Waals surface area contributed by atoms with Gasteiger partial charge in [-0.2, -0.15) is 9.81 Å². The molecule has 0 bridgehead atoms. The van der Waals surface area contributed by atoms with Crippen molar-refractivity contribution in [1.29, 1.82) is 0 Å². The minimum Gasteiger partial charge on any atom is -0.490 e. The van der Waals surface area contributed by atoms with Gasteiger partial charge in [0.25, 0.3) is 0 Å². The van der Waals surface area contributed by atoms with Gasteiger partial charge in [0, 0.05) is 6.92 Å². The Morgan fingerprint density at radius 3 is 2.35 bits per heavy atom. The Bertz CT molecular complexity index is 506. The maximum absolute atomic E-state index is 11.5. The van der Waals surface area contributed by atoms with Crippen molar-refractivity contribution in [3.8, 4) is 0 Å². The lowest BCUT2D eigenvalue weighted by Gasteiger charge is -2.38. The van der Waals surface area contributed by atoms with Gasteiger partial charge < -0.3 is 24.4 Å². The molecule has 0 saturated carbocycles. The van der Waals surface area contributed by atoms with E-state index in [9.17, 15) is 24.8 Å². The van der Waals surface area contributed by atoms with E-state index in [0.717, 1.165) is 6.08 Å². The second-order valence-corrected chi connectivity index (χ2v) is 4.68. The first-order chi connectivity index (χ1) is 10.9. The largest absolute Gasteiger partial charge is 0.490 e. The van der Waals surface area contributed by atoms with Gasteiger partial charge in [-0.05, 0) is 6.08 Å². The summed E-state index contributed by atoms with van der Waals surface area (Å²) in [5.74, 6) is -0.792. The highest BCUT2D eigenvalue weighted by molar-refractivity contribution is 5.92. The number of nitrogens with zero attached hydrogens (tertiary/aromatic N) is 2. The summed E-state index contributed by atoms with van der Waals surface area (Å²) in [5, 5.41) is 24.5. The van der Waals surface area contributed by atoms with E-state index >= 15 is 0 Å². The molecule has 2 N–H and O–H groups in total. The Labute approximate surface area is 131 Å². The van der Waals surface area contributed by atoms with E-state index in [0.29, 0.717) is 0 Å². The molecule has 0 aromatic carbocycles. The lowest BCUT2D eigenvalue weighted by atomic mass is 9.96. The molecule has 128 valence electrons. The number of rotatable bonds is 8. The van der Waals surface area contributed by atoms with Crippen molar-refractivity contribution in [2.75, 3.05) is 13.7 Å². The second-order valence-electron chi connectivity index (χ2n) is 4.68. The quantitative estimate of drug-likeness (QED) is 0.273. The van der Waals surface area contributed by atoms with E-state index in [1.807, 2.05) is 0 Å². The lowest BCUT2D eigenvalue weighted by Crippen LogP contribution is -2.57. The third kappa shape index (κ3) is 3.97. The van der Waals surface area contributed by atoms with Crippen LogP contribution < -0.4 is 0 Å². The average molecular weight is 330 g/mol. The van der Waals surface area contributed by atoms with Crippen LogP contribution in [0.3, 0.4) is 0 Å². The zero-order valence-corrected chi connectivity index (χ0v) is 12.6. The van der Waals surface area contributed by atoms with Crippen LogP contribution >= 0.6 is 0 Å². The minimum atomic E-state index is -1.62. The number of nitroso groups, excluding NO2 is 2. The molecule has 0 amide bonds. The third-order valence-corrected chi connectivity index (χ3v) is 3.27. The van der Waals surface area contributed by atoms with Gasteiger partial charge in [-0.3, -0.25) is 4.79 Å². The van der Waals surface area contributed by atoms with E-state index in [1.165, 1.54) is 14.0 Å². The molecule has 0 aromatic rings. The van der Waals surface area contributed by atoms with Gasteiger partial charge in [0.15, 0.2) is 17.6 Å². The summed E-state index contributed by atoms with van der Waals surface area (Å²) >= 11 is 0. The van der Waals surface area contributed by atoms with E-state index in [1.54, 1.807) is 0 Å². The first-order valence-corrected chi connectivity index (χ1v) is 6.62. The molecule has 0 aromatic heterocycles. The summed E-state index contributed by atoms with van der Waals surface area (Å²) in [5.41, 5.74) is 0. The number of ketones is 1. The summed E-state index contributed by atoms with van der Waals surface area (Å²) in [6, 6.07) is -2.88. The predicted molar refractivity (Wildman–Crippen MR) is 76.9 cm³/mol. The number of methoxy groups -OCH3 is 1. The Balaban J connectivity index is 3.13. The van der Waals surface area contributed by atoms with Crippen LogP contribution in [0.1, 0.15) is 6.92 Å². The summed E-state index contributed by atoms with van der Waals surface area (Å²) in [4.78, 5) is 33.2. The van der Waals surface area contributed by atoms with Crippen molar-refractivity contribution in [3.63, 3.8) is 0 Å². The molecule has 1 saturated heterocycles. The maximum Gasteiger partial charge on any atom is 0.229 e. The molecule has 1 rings (SSSR count). The van der Waals surface area contributed by atoms with Gasteiger partial charge in [0.1, 0.15) is 18.2 Å². The minimum absolute atomic E-state index is 0.139. The lowest BCUT2D eigenvalue weighted by molar-refractivity contribution is -0.222. The average Bonchev–Trinajstić information content (AvgIpc) is 2.53. The number of hydrogen-bond acceptors (Lipinski definition) is 10.